The van der Waals surface area contributed by atoms with E-state index in [9.17, 15) is 0 Å². The van der Waals surface area contributed by atoms with Crippen LogP contribution in [-0.4, -0.2) is 14.5 Å². The normalized spacial score (nSPS) is 12.6. The molecular weight excluding hydrogens is 212 g/mol. The van der Waals surface area contributed by atoms with Gasteiger partial charge in [0.25, 0.3) is 0 Å². The fraction of sp³-hybridized carbons (Fsp3) is 0.385. The van der Waals surface area contributed by atoms with Crippen LogP contribution in [0.5, 0.6) is 0 Å². The molecule has 0 aliphatic carbocycles. The summed E-state index contributed by atoms with van der Waals surface area (Å²) >= 11 is 0. The minimum atomic E-state index is 0.318. The van der Waals surface area contributed by atoms with Crippen LogP contribution in [0.1, 0.15) is 31.1 Å². The van der Waals surface area contributed by atoms with Gasteiger partial charge in [-0.05, 0) is 31.5 Å². The highest BCUT2D eigenvalue weighted by Crippen LogP contribution is 2.11. The molecule has 0 spiro atoms. The third-order valence-corrected chi connectivity index (χ3v) is 2.93. The molecule has 2 aromatic rings. The molecule has 4 nitrogen and oxygen atoms in total. The van der Waals surface area contributed by atoms with Gasteiger partial charge in [-0.1, -0.05) is 0 Å². The van der Waals surface area contributed by atoms with Crippen LogP contribution < -0.4 is 5.32 Å². The third-order valence-electron chi connectivity index (χ3n) is 2.93. The second-order valence-corrected chi connectivity index (χ2v) is 4.05. The van der Waals surface area contributed by atoms with Crippen LogP contribution in [0.25, 0.3) is 0 Å². The molecule has 90 valence electrons. The zero-order chi connectivity index (χ0) is 12.1. The first-order valence-electron chi connectivity index (χ1n) is 5.93. The number of rotatable bonds is 5. The molecule has 0 saturated carbocycles. The third kappa shape index (κ3) is 2.91. The second-order valence-electron chi connectivity index (χ2n) is 4.05. The Labute approximate surface area is 102 Å². The van der Waals surface area contributed by atoms with Crippen molar-refractivity contribution in [3.8, 4) is 0 Å². The average molecular weight is 230 g/mol. The van der Waals surface area contributed by atoms with Crippen molar-refractivity contribution in [1.29, 1.82) is 0 Å². The Morgan fingerprint density at radius 1 is 1.29 bits per heavy atom. The molecule has 17 heavy (non-hydrogen) atoms. The second kappa shape index (κ2) is 5.59. The van der Waals surface area contributed by atoms with Crippen LogP contribution in [0.3, 0.4) is 0 Å². The van der Waals surface area contributed by atoms with Gasteiger partial charge in [0.05, 0.1) is 12.0 Å². The van der Waals surface area contributed by atoms with E-state index < -0.39 is 0 Å². The summed E-state index contributed by atoms with van der Waals surface area (Å²) in [5, 5.41) is 3.49. The summed E-state index contributed by atoms with van der Waals surface area (Å²) in [5.41, 5.74) is 2.47. The maximum atomic E-state index is 4.16. The first-order chi connectivity index (χ1) is 8.31. The van der Waals surface area contributed by atoms with Crippen molar-refractivity contribution in [3.05, 3.63) is 48.3 Å². The molecule has 0 radical (unpaired) electrons. The lowest BCUT2D eigenvalue weighted by Crippen LogP contribution is -2.19. The molecule has 1 atom stereocenters. The van der Waals surface area contributed by atoms with Gasteiger partial charge in [-0.3, -0.25) is 4.98 Å². The predicted molar refractivity (Wildman–Crippen MR) is 67.4 cm³/mol. The molecule has 0 saturated heterocycles. The van der Waals surface area contributed by atoms with Gasteiger partial charge in [0, 0.05) is 37.7 Å². The fourth-order valence-electron chi connectivity index (χ4n) is 1.81. The number of imidazole rings is 1. The van der Waals surface area contributed by atoms with Crippen molar-refractivity contribution in [2.45, 2.75) is 33.0 Å². The standard InChI is InChI=1S/C13H18N4/c1-3-17-10-15-8-13(17)9-16-11(2)12-4-6-14-7-5-12/h4-8,10-11,16H,3,9H2,1-2H3/t11-/m1/s1. The van der Waals surface area contributed by atoms with Gasteiger partial charge in [-0.2, -0.15) is 0 Å². The molecule has 0 aliphatic heterocycles. The van der Waals surface area contributed by atoms with Gasteiger partial charge in [0.1, 0.15) is 0 Å². The number of pyridine rings is 1. The van der Waals surface area contributed by atoms with Crippen molar-refractivity contribution in [2.24, 2.45) is 0 Å². The number of aryl methyl sites for hydroxylation is 1. The zero-order valence-corrected chi connectivity index (χ0v) is 10.3. The Balaban J connectivity index is 1.95. The Hall–Kier alpha value is -1.68. The predicted octanol–water partition coefficient (Wildman–Crippen LogP) is 2.15. The highest BCUT2D eigenvalue weighted by Gasteiger charge is 2.06. The Morgan fingerprint density at radius 3 is 2.76 bits per heavy atom. The number of nitrogens with zero attached hydrogens (tertiary/aromatic N) is 3. The number of hydrogen-bond donors (Lipinski definition) is 1. The largest absolute Gasteiger partial charge is 0.334 e. The smallest absolute Gasteiger partial charge is 0.0948 e. The number of hydrogen-bond acceptors (Lipinski definition) is 3. The highest BCUT2D eigenvalue weighted by molar-refractivity contribution is 5.14. The highest BCUT2D eigenvalue weighted by atomic mass is 15.1. The summed E-state index contributed by atoms with van der Waals surface area (Å²) < 4.78 is 2.15. The summed E-state index contributed by atoms with van der Waals surface area (Å²) in [6.45, 7) is 6.07. The van der Waals surface area contributed by atoms with E-state index in [2.05, 4.69) is 33.7 Å². The van der Waals surface area contributed by atoms with E-state index in [1.54, 1.807) is 0 Å². The van der Waals surface area contributed by atoms with Crippen LogP contribution in [0, 0.1) is 0 Å². The summed E-state index contributed by atoms with van der Waals surface area (Å²) in [7, 11) is 0. The molecule has 0 unspecified atom stereocenters. The molecule has 4 heteroatoms. The van der Waals surface area contributed by atoms with E-state index in [1.165, 1.54) is 11.3 Å². The lowest BCUT2D eigenvalue weighted by Gasteiger charge is -2.14. The van der Waals surface area contributed by atoms with Gasteiger partial charge in [-0.15, -0.1) is 0 Å². The van der Waals surface area contributed by atoms with Crippen molar-refractivity contribution >= 4 is 0 Å². The van der Waals surface area contributed by atoms with Gasteiger partial charge in [0.15, 0.2) is 0 Å². The van der Waals surface area contributed by atoms with Crippen molar-refractivity contribution < 1.29 is 0 Å². The van der Waals surface area contributed by atoms with E-state index in [0.717, 1.165) is 13.1 Å². The van der Waals surface area contributed by atoms with E-state index in [1.807, 2.05) is 37.1 Å². The molecule has 0 bridgehead atoms. The van der Waals surface area contributed by atoms with Crippen molar-refractivity contribution in [2.75, 3.05) is 0 Å². The van der Waals surface area contributed by atoms with E-state index in [-0.39, 0.29) is 0 Å². The van der Waals surface area contributed by atoms with Gasteiger partial charge < -0.3 is 9.88 Å². The minimum absolute atomic E-state index is 0.318. The number of nitrogens with one attached hydrogen (secondary N) is 1. The van der Waals surface area contributed by atoms with Gasteiger partial charge >= 0.3 is 0 Å². The van der Waals surface area contributed by atoms with Crippen LogP contribution in [0.2, 0.25) is 0 Å². The topological polar surface area (TPSA) is 42.7 Å². The van der Waals surface area contributed by atoms with E-state index in [0.29, 0.717) is 6.04 Å². The van der Waals surface area contributed by atoms with Crippen LogP contribution in [-0.2, 0) is 13.1 Å². The first-order valence-corrected chi connectivity index (χ1v) is 5.93. The van der Waals surface area contributed by atoms with E-state index >= 15 is 0 Å². The fourth-order valence-corrected chi connectivity index (χ4v) is 1.81. The molecule has 0 fully saturated rings. The van der Waals surface area contributed by atoms with Crippen molar-refractivity contribution in [1.82, 2.24) is 19.9 Å². The molecule has 2 heterocycles. The zero-order valence-electron chi connectivity index (χ0n) is 10.3. The van der Waals surface area contributed by atoms with Gasteiger partial charge in [0.2, 0.25) is 0 Å². The summed E-state index contributed by atoms with van der Waals surface area (Å²) in [4.78, 5) is 8.18. The quantitative estimate of drug-likeness (QED) is 0.855. The lowest BCUT2D eigenvalue weighted by molar-refractivity contribution is 0.549. The van der Waals surface area contributed by atoms with Crippen LogP contribution in [0.15, 0.2) is 37.1 Å². The average Bonchev–Trinajstić information content (AvgIpc) is 2.84. The first kappa shape index (κ1) is 11.8. The monoisotopic (exact) mass is 230 g/mol. The molecule has 0 aromatic carbocycles. The van der Waals surface area contributed by atoms with Crippen molar-refractivity contribution in [3.63, 3.8) is 0 Å². The van der Waals surface area contributed by atoms with Gasteiger partial charge in [-0.25, -0.2) is 4.98 Å². The summed E-state index contributed by atoms with van der Waals surface area (Å²) in [5.74, 6) is 0. The molecule has 2 aromatic heterocycles. The lowest BCUT2D eigenvalue weighted by atomic mass is 10.1. The van der Waals surface area contributed by atoms with Crippen LogP contribution in [0.4, 0.5) is 0 Å². The summed E-state index contributed by atoms with van der Waals surface area (Å²) in [6.07, 6.45) is 7.43. The minimum Gasteiger partial charge on any atom is -0.334 e. The summed E-state index contributed by atoms with van der Waals surface area (Å²) in [6, 6.07) is 4.39. The Morgan fingerprint density at radius 2 is 2.06 bits per heavy atom. The Kier molecular flexibility index (Phi) is 3.88. The Bertz CT molecular complexity index is 449. The molecule has 2 rings (SSSR count). The molecule has 1 N–H and O–H groups in total. The van der Waals surface area contributed by atoms with E-state index in [4.69, 9.17) is 0 Å². The maximum absolute atomic E-state index is 4.16. The number of aromatic nitrogens is 3. The molecule has 0 aliphatic rings. The maximum Gasteiger partial charge on any atom is 0.0948 e. The SMILES string of the molecule is CCn1cncc1CN[C@H](C)c1ccncc1. The molecule has 0 amide bonds. The molecular formula is C13H18N4. The van der Waals surface area contributed by atoms with Crippen LogP contribution >= 0.6 is 0 Å².